The number of nitrogens with zero attached hydrogens (tertiary/aromatic N) is 3. The number of aromatic nitrogens is 3. The van der Waals surface area contributed by atoms with Crippen molar-refractivity contribution in [3.63, 3.8) is 0 Å². The number of amides is 1. The molecule has 2 atom stereocenters. The molecule has 0 radical (unpaired) electrons. The number of carbonyl (C=O) groups is 1. The van der Waals surface area contributed by atoms with Gasteiger partial charge < -0.3 is 14.4 Å². The summed E-state index contributed by atoms with van der Waals surface area (Å²) < 4.78 is 11.2. The lowest BCUT2D eigenvalue weighted by Crippen LogP contribution is -2.33. The fourth-order valence-corrected chi connectivity index (χ4v) is 3.29. The molecule has 1 N–H and O–H groups in total. The highest BCUT2D eigenvalue weighted by Crippen LogP contribution is 2.31. The first-order chi connectivity index (χ1) is 12.1. The van der Waals surface area contributed by atoms with E-state index in [0.29, 0.717) is 25.4 Å². The Hall–Kier alpha value is -2.41. The van der Waals surface area contributed by atoms with E-state index >= 15 is 0 Å². The van der Waals surface area contributed by atoms with Gasteiger partial charge in [-0.1, -0.05) is 6.07 Å². The molecule has 1 aliphatic rings. The Kier molecular flexibility index (Phi) is 5.33. The van der Waals surface area contributed by atoms with Gasteiger partial charge in [-0.3, -0.25) is 9.89 Å². The number of carbonyl (C=O) groups excluding carboxylic acids is 1. The quantitative estimate of drug-likeness (QED) is 0.869. The third-order valence-electron chi connectivity index (χ3n) is 4.45. The van der Waals surface area contributed by atoms with Crippen LogP contribution < -0.4 is 4.74 Å². The molecule has 0 spiro atoms. The largest absolute Gasteiger partial charge is 0.493 e. The Morgan fingerprint density at radius 1 is 1.32 bits per heavy atom. The van der Waals surface area contributed by atoms with E-state index in [0.717, 1.165) is 23.3 Å². The molecule has 7 nitrogen and oxygen atoms in total. The third kappa shape index (κ3) is 4.17. The molecule has 0 bridgehead atoms. The van der Waals surface area contributed by atoms with Gasteiger partial charge in [0.05, 0.1) is 25.2 Å². The Bertz CT molecular complexity index is 697. The number of H-pyrrole nitrogens is 1. The zero-order chi connectivity index (χ0) is 17.8. The van der Waals surface area contributed by atoms with Crippen molar-refractivity contribution < 1.29 is 14.3 Å². The lowest BCUT2D eigenvalue weighted by molar-refractivity contribution is -0.133. The van der Waals surface area contributed by atoms with Crippen molar-refractivity contribution in [2.75, 3.05) is 20.3 Å². The molecule has 2 heterocycles. The molecule has 0 saturated carbocycles. The molecule has 1 amide bonds. The highest BCUT2D eigenvalue weighted by atomic mass is 16.5. The van der Waals surface area contributed by atoms with Gasteiger partial charge in [0.2, 0.25) is 5.91 Å². The maximum absolute atomic E-state index is 12.7. The first-order valence-corrected chi connectivity index (χ1v) is 8.45. The third-order valence-corrected chi connectivity index (χ3v) is 4.45. The van der Waals surface area contributed by atoms with E-state index in [2.05, 4.69) is 21.2 Å². The second-order valence-electron chi connectivity index (χ2n) is 6.45. The number of methoxy groups -OCH3 is 1. The first-order valence-electron chi connectivity index (χ1n) is 8.45. The summed E-state index contributed by atoms with van der Waals surface area (Å²) in [6.07, 6.45) is 2.50. The molecule has 25 heavy (non-hydrogen) atoms. The number of aryl methyl sites for hydroxylation is 2. The topological polar surface area (TPSA) is 80.3 Å². The molecular weight excluding hydrogens is 320 g/mol. The summed E-state index contributed by atoms with van der Waals surface area (Å²) in [6, 6.07) is 5.92. The fraction of sp³-hybridized carbons (Fsp3) is 0.500. The highest BCUT2D eigenvalue weighted by Gasteiger charge is 2.37. The van der Waals surface area contributed by atoms with Crippen LogP contribution in [0.1, 0.15) is 35.8 Å². The van der Waals surface area contributed by atoms with E-state index in [1.165, 1.54) is 6.33 Å². The van der Waals surface area contributed by atoms with Crippen molar-refractivity contribution in [3.8, 4) is 5.75 Å². The van der Waals surface area contributed by atoms with Crippen molar-refractivity contribution in [1.29, 1.82) is 0 Å². The summed E-state index contributed by atoms with van der Waals surface area (Å²) in [7, 11) is 1.67. The molecule has 1 aromatic heterocycles. The zero-order valence-electron chi connectivity index (χ0n) is 14.9. The summed E-state index contributed by atoms with van der Waals surface area (Å²) in [6.45, 7) is 4.97. The van der Waals surface area contributed by atoms with Crippen LogP contribution in [0.15, 0.2) is 24.5 Å². The monoisotopic (exact) mass is 344 g/mol. The molecule has 1 fully saturated rings. The number of likely N-dealkylation sites (tertiary alicyclic amines) is 1. The number of hydrogen-bond donors (Lipinski definition) is 1. The van der Waals surface area contributed by atoms with Crippen LogP contribution >= 0.6 is 0 Å². The Morgan fingerprint density at radius 3 is 2.72 bits per heavy atom. The lowest BCUT2D eigenvalue weighted by Gasteiger charge is -2.22. The fourth-order valence-electron chi connectivity index (χ4n) is 3.29. The van der Waals surface area contributed by atoms with Crippen molar-refractivity contribution in [3.05, 3.63) is 41.5 Å². The average Bonchev–Trinajstić information content (AvgIpc) is 3.23. The highest BCUT2D eigenvalue weighted by molar-refractivity contribution is 5.77. The number of aromatic amines is 1. The molecule has 1 saturated heterocycles. The number of hydrogen-bond acceptors (Lipinski definition) is 5. The molecule has 3 rings (SSSR count). The van der Waals surface area contributed by atoms with Gasteiger partial charge >= 0.3 is 0 Å². The molecular formula is C18H24N4O3. The lowest BCUT2D eigenvalue weighted by atomic mass is 10.1. The van der Waals surface area contributed by atoms with Crippen LogP contribution in [-0.2, 0) is 9.53 Å². The summed E-state index contributed by atoms with van der Waals surface area (Å²) in [5, 5.41) is 6.75. The summed E-state index contributed by atoms with van der Waals surface area (Å²) >= 11 is 0. The standard InChI is InChI=1S/C18H24N4O3/c1-12-6-13(2)8-14(7-12)25-5-4-17(23)22-10-15(24-3)9-16(22)18-19-11-20-21-18/h6-8,11,15-16H,4-5,9-10H2,1-3H3,(H,19,20,21)/t15-,16+/m1/s1. The van der Waals surface area contributed by atoms with Gasteiger partial charge in [-0.15, -0.1) is 0 Å². The van der Waals surface area contributed by atoms with E-state index in [-0.39, 0.29) is 18.1 Å². The van der Waals surface area contributed by atoms with E-state index in [1.54, 1.807) is 12.0 Å². The summed E-state index contributed by atoms with van der Waals surface area (Å²) in [5.74, 6) is 1.53. The van der Waals surface area contributed by atoms with Crippen molar-refractivity contribution in [1.82, 2.24) is 20.1 Å². The second kappa shape index (κ2) is 7.65. The molecule has 1 aromatic carbocycles. The SMILES string of the molecule is CO[C@@H]1C[C@@H](c2ncn[nH]2)N(C(=O)CCOc2cc(C)cc(C)c2)C1. The van der Waals surface area contributed by atoms with Crippen molar-refractivity contribution in [2.45, 2.75) is 38.8 Å². The molecule has 0 aliphatic carbocycles. The Morgan fingerprint density at radius 2 is 2.08 bits per heavy atom. The number of ether oxygens (including phenoxy) is 2. The van der Waals surface area contributed by atoms with E-state index in [9.17, 15) is 4.79 Å². The summed E-state index contributed by atoms with van der Waals surface area (Å²) in [5.41, 5.74) is 2.29. The molecule has 1 aliphatic heterocycles. The maximum atomic E-state index is 12.7. The normalized spacial score (nSPS) is 20.0. The summed E-state index contributed by atoms with van der Waals surface area (Å²) in [4.78, 5) is 18.7. The zero-order valence-corrected chi connectivity index (χ0v) is 14.9. The first kappa shape index (κ1) is 17.4. The van der Waals surface area contributed by atoms with E-state index in [4.69, 9.17) is 9.47 Å². The minimum Gasteiger partial charge on any atom is -0.493 e. The molecule has 134 valence electrons. The number of nitrogens with one attached hydrogen (secondary N) is 1. The van der Waals surface area contributed by atoms with E-state index < -0.39 is 0 Å². The number of benzene rings is 1. The van der Waals surface area contributed by atoms with Crippen molar-refractivity contribution >= 4 is 5.91 Å². The average molecular weight is 344 g/mol. The van der Waals surface area contributed by atoms with Crippen LogP contribution in [0.2, 0.25) is 0 Å². The Balaban J connectivity index is 1.59. The van der Waals surface area contributed by atoms with Crippen LogP contribution in [0, 0.1) is 13.8 Å². The van der Waals surface area contributed by atoms with E-state index in [1.807, 2.05) is 26.0 Å². The number of rotatable bonds is 6. The van der Waals surface area contributed by atoms with Gasteiger partial charge in [0.25, 0.3) is 0 Å². The van der Waals surface area contributed by atoms with Gasteiger partial charge in [-0.2, -0.15) is 5.10 Å². The predicted molar refractivity (Wildman–Crippen MR) is 92.3 cm³/mol. The second-order valence-corrected chi connectivity index (χ2v) is 6.45. The van der Waals surface area contributed by atoms with Crippen LogP contribution in [0.3, 0.4) is 0 Å². The molecule has 0 unspecified atom stereocenters. The van der Waals surface area contributed by atoms with Crippen LogP contribution in [0.25, 0.3) is 0 Å². The molecule has 2 aromatic rings. The molecule has 7 heteroatoms. The van der Waals surface area contributed by atoms with Crippen LogP contribution in [-0.4, -0.2) is 52.4 Å². The van der Waals surface area contributed by atoms with Crippen LogP contribution in [0.4, 0.5) is 0 Å². The van der Waals surface area contributed by atoms with Gasteiger partial charge in [0, 0.05) is 20.1 Å². The Labute approximate surface area is 147 Å². The van der Waals surface area contributed by atoms with Gasteiger partial charge in [0.15, 0.2) is 0 Å². The smallest absolute Gasteiger partial charge is 0.226 e. The minimum absolute atomic E-state index is 0.0133. The van der Waals surface area contributed by atoms with Gasteiger partial charge in [-0.25, -0.2) is 4.98 Å². The predicted octanol–water partition coefficient (Wildman–Crippen LogP) is 2.18. The van der Waals surface area contributed by atoms with Gasteiger partial charge in [0.1, 0.15) is 17.9 Å². The van der Waals surface area contributed by atoms with Crippen molar-refractivity contribution in [2.24, 2.45) is 0 Å². The van der Waals surface area contributed by atoms with Gasteiger partial charge in [-0.05, 0) is 37.1 Å². The maximum Gasteiger partial charge on any atom is 0.226 e. The minimum atomic E-state index is -0.124. The van der Waals surface area contributed by atoms with Crippen LogP contribution in [0.5, 0.6) is 5.75 Å².